The molecule has 0 aromatic carbocycles. The molecule has 0 aliphatic rings. The number of nitrogens with zero attached hydrogens (tertiary/aromatic N) is 4. The van der Waals surface area contributed by atoms with Crippen molar-refractivity contribution in [2.45, 2.75) is 6.92 Å². The fourth-order valence-corrected chi connectivity index (χ4v) is 1.90. The van der Waals surface area contributed by atoms with Gasteiger partial charge < -0.3 is 4.74 Å². The molecule has 0 atom stereocenters. The second kappa shape index (κ2) is 5.28. The van der Waals surface area contributed by atoms with Crippen molar-refractivity contribution in [3.05, 3.63) is 48.3 Å². The van der Waals surface area contributed by atoms with Gasteiger partial charge in [-0.1, -0.05) is 0 Å². The first-order chi connectivity index (χ1) is 10.2. The lowest BCUT2D eigenvalue weighted by molar-refractivity contribution is 0.0525. The van der Waals surface area contributed by atoms with E-state index < -0.39 is 5.97 Å². The van der Waals surface area contributed by atoms with Crippen molar-refractivity contribution in [2.24, 2.45) is 0 Å². The van der Waals surface area contributed by atoms with Gasteiger partial charge in [0.2, 0.25) is 0 Å². The van der Waals surface area contributed by atoms with Crippen LogP contribution in [0.15, 0.2) is 36.9 Å². The molecule has 7 heteroatoms. The van der Waals surface area contributed by atoms with Crippen molar-refractivity contribution in [2.75, 3.05) is 6.61 Å². The quantitative estimate of drug-likeness (QED) is 0.690. The number of ether oxygens (including phenoxy) is 1. The number of rotatable bonds is 3. The van der Waals surface area contributed by atoms with E-state index in [0.29, 0.717) is 17.2 Å². The van der Waals surface area contributed by atoms with Gasteiger partial charge in [-0.2, -0.15) is 0 Å². The maximum atomic E-state index is 13.3. The molecule has 0 saturated carbocycles. The third-order valence-corrected chi connectivity index (χ3v) is 2.86. The van der Waals surface area contributed by atoms with Crippen molar-refractivity contribution >= 4 is 11.6 Å². The van der Waals surface area contributed by atoms with Crippen molar-refractivity contribution in [1.82, 2.24) is 19.4 Å². The molecule has 21 heavy (non-hydrogen) atoms. The zero-order chi connectivity index (χ0) is 14.8. The summed E-state index contributed by atoms with van der Waals surface area (Å²) < 4.78 is 19.7. The van der Waals surface area contributed by atoms with Crippen molar-refractivity contribution in [3.8, 4) is 11.5 Å². The molecule has 6 nitrogen and oxygen atoms in total. The van der Waals surface area contributed by atoms with Gasteiger partial charge >= 0.3 is 5.97 Å². The second-order valence-electron chi connectivity index (χ2n) is 4.23. The fraction of sp³-hybridized carbons (Fsp3) is 0.143. The molecule has 0 fully saturated rings. The minimum Gasteiger partial charge on any atom is -0.462 e. The van der Waals surface area contributed by atoms with Crippen LogP contribution in [0, 0.1) is 5.82 Å². The Bertz CT molecular complexity index is 798. The highest BCUT2D eigenvalue weighted by molar-refractivity contribution is 5.88. The van der Waals surface area contributed by atoms with Gasteiger partial charge in [0.15, 0.2) is 5.82 Å². The molecule has 3 rings (SSSR count). The summed E-state index contributed by atoms with van der Waals surface area (Å²) in [5, 5.41) is 0. The van der Waals surface area contributed by atoms with Crippen LogP contribution in [0.3, 0.4) is 0 Å². The third kappa shape index (κ3) is 2.45. The lowest BCUT2D eigenvalue weighted by atomic mass is 10.3. The van der Waals surface area contributed by atoms with Gasteiger partial charge in [-0.05, 0) is 19.1 Å². The summed E-state index contributed by atoms with van der Waals surface area (Å²) in [6.07, 6.45) is 5.60. The smallest absolute Gasteiger partial charge is 0.341 e. The predicted octanol–water partition coefficient (Wildman–Crippen LogP) is 2.11. The van der Waals surface area contributed by atoms with Gasteiger partial charge in [-0.15, -0.1) is 0 Å². The van der Waals surface area contributed by atoms with Gasteiger partial charge in [0.05, 0.1) is 18.4 Å². The number of hydrogen-bond acceptors (Lipinski definition) is 5. The van der Waals surface area contributed by atoms with E-state index >= 15 is 0 Å². The van der Waals surface area contributed by atoms with Crippen LogP contribution in [0.5, 0.6) is 0 Å². The molecule has 0 saturated heterocycles. The molecule has 3 heterocycles. The van der Waals surface area contributed by atoms with Crippen molar-refractivity contribution in [3.63, 3.8) is 0 Å². The Kier molecular flexibility index (Phi) is 3.31. The summed E-state index contributed by atoms with van der Waals surface area (Å²) in [5.74, 6) is -0.515. The number of imidazole rings is 1. The summed E-state index contributed by atoms with van der Waals surface area (Å²) in [4.78, 5) is 23.9. The Balaban J connectivity index is 1.99. The Labute approximate surface area is 119 Å². The van der Waals surface area contributed by atoms with E-state index in [1.807, 2.05) is 0 Å². The number of esters is 1. The number of carbonyl (C=O) groups is 1. The van der Waals surface area contributed by atoms with E-state index in [2.05, 4.69) is 15.0 Å². The zero-order valence-electron chi connectivity index (χ0n) is 11.2. The Morgan fingerprint density at radius 2 is 2.00 bits per heavy atom. The number of pyridine rings is 1. The molecular formula is C14H11FN4O2. The van der Waals surface area contributed by atoms with Crippen LogP contribution in [0.1, 0.15) is 17.3 Å². The number of carbonyl (C=O) groups excluding carboxylic acids is 1. The van der Waals surface area contributed by atoms with Crippen LogP contribution in [-0.2, 0) is 4.74 Å². The van der Waals surface area contributed by atoms with Crippen LogP contribution in [0.4, 0.5) is 4.39 Å². The predicted molar refractivity (Wildman–Crippen MR) is 72.1 cm³/mol. The van der Waals surface area contributed by atoms with Gasteiger partial charge in [0.1, 0.15) is 17.2 Å². The molecule has 3 aromatic rings. The average Bonchev–Trinajstić information content (AvgIpc) is 2.90. The molecule has 0 N–H and O–H groups in total. The highest BCUT2D eigenvalue weighted by Gasteiger charge is 2.12. The topological polar surface area (TPSA) is 69.4 Å². The molecule has 0 bridgehead atoms. The molecule has 0 spiro atoms. The summed E-state index contributed by atoms with van der Waals surface area (Å²) in [5.41, 5.74) is 1.39. The van der Waals surface area contributed by atoms with Crippen LogP contribution in [0.25, 0.3) is 17.2 Å². The van der Waals surface area contributed by atoms with Crippen molar-refractivity contribution in [1.29, 1.82) is 0 Å². The van der Waals surface area contributed by atoms with E-state index in [1.54, 1.807) is 23.6 Å². The van der Waals surface area contributed by atoms with Crippen LogP contribution in [0.2, 0.25) is 0 Å². The Hall–Kier alpha value is -2.83. The van der Waals surface area contributed by atoms with E-state index in [0.717, 1.165) is 0 Å². The number of hydrogen-bond donors (Lipinski definition) is 0. The Morgan fingerprint density at radius 3 is 2.71 bits per heavy atom. The molecule has 0 radical (unpaired) electrons. The molecule has 0 aliphatic heterocycles. The lowest BCUT2D eigenvalue weighted by Crippen LogP contribution is -2.06. The van der Waals surface area contributed by atoms with E-state index in [4.69, 9.17) is 4.74 Å². The Morgan fingerprint density at radius 1 is 1.24 bits per heavy atom. The van der Waals surface area contributed by atoms with Gasteiger partial charge in [0.25, 0.3) is 0 Å². The highest BCUT2D eigenvalue weighted by Crippen LogP contribution is 2.17. The van der Waals surface area contributed by atoms with E-state index in [-0.39, 0.29) is 18.0 Å². The minimum absolute atomic E-state index is 0.264. The monoisotopic (exact) mass is 286 g/mol. The first-order valence-corrected chi connectivity index (χ1v) is 6.31. The standard InChI is InChI=1S/C14H11FN4O2/c1-2-21-14(20)9-5-17-13(18-6-9)11-7-16-12-4-3-10(15)8-19(11)12/h3-8H,2H2,1H3. The van der Waals surface area contributed by atoms with E-state index in [1.165, 1.54) is 24.7 Å². The van der Waals surface area contributed by atoms with E-state index in [9.17, 15) is 9.18 Å². The summed E-state index contributed by atoms with van der Waals surface area (Å²) in [6, 6.07) is 2.89. The lowest BCUT2D eigenvalue weighted by Gasteiger charge is -2.03. The highest BCUT2D eigenvalue weighted by atomic mass is 19.1. The fourth-order valence-electron chi connectivity index (χ4n) is 1.90. The minimum atomic E-state index is -0.478. The summed E-state index contributed by atoms with van der Waals surface area (Å²) in [6.45, 7) is 2.01. The number of halogens is 1. The maximum Gasteiger partial charge on any atom is 0.341 e. The second-order valence-corrected chi connectivity index (χ2v) is 4.23. The first kappa shape index (κ1) is 13.2. The van der Waals surface area contributed by atoms with Gasteiger partial charge in [0, 0.05) is 18.6 Å². The summed E-state index contributed by atoms with van der Waals surface area (Å²) >= 11 is 0. The maximum absolute atomic E-state index is 13.3. The van der Waals surface area contributed by atoms with Crippen LogP contribution in [-0.4, -0.2) is 31.9 Å². The molecular weight excluding hydrogens is 275 g/mol. The molecule has 0 aliphatic carbocycles. The SMILES string of the molecule is CCOC(=O)c1cnc(-c2cnc3ccc(F)cn23)nc1. The largest absolute Gasteiger partial charge is 0.462 e. The number of fused-ring (bicyclic) bond motifs is 1. The molecule has 0 unspecified atom stereocenters. The van der Waals surface area contributed by atoms with Gasteiger partial charge in [-0.3, -0.25) is 4.40 Å². The third-order valence-electron chi connectivity index (χ3n) is 2.86. The van der Waals surface area contributed by atoms with Crippen molar-refractivity contribution < 1.29 is 13.9 Å². The number of aromatic nitrogens is 4. The van der Waals surface area contributed by atoms with Crippen LogP contribution >= 0.6 is 0 Å². The molecule has 3 aromatic heterocycles. The van der Waals surface area contributed by atoms with Gasteiger partial charge in [-0.25, -0.2) is 24.1 Å². The zero-order valence-corrected chi connectivity index (χ0v) is 11.2. The molecule has 0 amide bonds. The molecule has 106 valence electrons. The first-order valence-electron chi connectivity index (χ1n) is 6.31. The average molecular weight is 286 g/mol. The van der Waals surface area contributed by atoms with Crippen LogP contribution < -0.4 is 0 Å². The normalized spacial score (nSPS) is 10.8. The summed E-state index contributed by atoms with van der Waals surface area (Å²) in [7, 11) is 0.